The Balaban J connectivity index is 1.49. The Hall–Kier alpha value is -1.10. The van der Waals surface area contributed by atoms with E-state index in [-0.39, 0.29) is 13.0 Å². The highest BCUT2D eigenvalue weighted by Crippen LogP contribution is 2.35. The fourth-order valence-electron chi connectivity index (χ4n) is 5.75. The highest BCUT2D eigenvalue weighted by atomic mass is 16.8. The van der Waals surface area contributed by atoms with E-state index >= 15 is 0 Å². The Kier molecular flexibility index (Phi) is 11.5. The van der Waals surface area contributed by atoms with E-state index in [0.29, 0.717) is 12.3 Å². The molecule has 1 saturated carbocycles. The molecular weight excluding hydrogens is 562 g/mol. The van der Waals surface area contributed by atoms with Crippen LogP contribution in [0.1, 0.15) is 13.3 Å². The maximum atomic E-state index is 11.2. The Morgan fingerprint density at radius 2 is 1.48 bits per heavy atom. The molecule has 1 aliphatic carbocycles. The summed E-state index contributed by atoms with van der Waals surface area (Å²) >= 11 is 0. The third-order valence-corrected chi connectivity index (χ3v) is 8.33. The smallest absolute Gasteiger partial charge is 0.218 e. The monoisotopic (exact) mass is 609 g/mol. The van der Waals surface area contributed by atoms with E-state index in [2.05, 4.69) is 5.32 Å². The van der Waals surface area contributed by atoms with Crippen LogP contribution in [0.3, 0.4) is 0 Å². The summed E-state index contributed by atoms with van der Waals surface area (Å²) in [6, 6.07) is -2.57. The summed E-state index contributed by atoms with van der Waals surface area (Å²) in [7, 11) is 1.70. The minimum atomic E-state index is -1.51. The van der Waals surface area contributed by atoms with Gasteiger partial charge in [-0.3, -0.25) is 0 Å². The summed E-state index contributed by atoms with van der Waals surface area (Å²) in [5.41, 5.74) is 24.3. The third-order valence-electron chi connectivity index (χ3n) is 8.33. The number of aliphatic hydroxyl groups is 6. The van der Waals surface area contributed by atoms with Crippen molar-refractivity contribution in [2.24, 2.45) is 28.9 Å². The summed E-state index contributed by atoms with van der Waals surface area (Å²) in [5.74, 6) is -0.329. The molecule has 0 radical (unpaired) electrons. The van der Waals surface area contributed by atoms with Gasteiger partial charge in [0.25, 0.3) is 0 Å². The number of hydrogen-bond acceptors (Lipinski definition) is 17. The van der Waals surface area contributed by atoms with Crippen molar-refractivity contribution in [2.75, 3.05) is 26.7 Å². The Bertz CT molecular complexity index is 906. The minimum Gasteiger partial charge on any atom is -0.466 e. The van der Waals surface area contributed by atoms with Crippen molar-refractivity contribution in [1.29, 1.82) is 0 Å². The van der Waals surface area contributed by atoms with Crippen LogP contribution >= 0.6 is 0 Å². The quantitative estimate of drug-likeness (QED) is 0.110. The van der Waals surface area contributed by atoms with Crippen molar-refractivity contribution in [3.63, 3.8) is 0 Å². The number of nitrogens with one attached hydrogen (secondary N) is 1. The van der Waals surface area contributed by atoms with Crippen molar-refractivity contribution < 1.29 is 59.1 Å². The zero-order valence-electron chi connectivity index (χ0n) is 23.7. The van der Waals surface area contributed by atoms with Crippen molar-refractivity contribution in [2.45, 2.75) is 111 Å². The topological polar surface area (TPSA) is 293 Å². The van der Waals surface area contributed by atoms with E-state index < -0.39 is 111 Å². The number of likely N-dealkylation sites (N-methyl/N-ethyl adjacent to an activating group) is 1. The maximum Gasteiger partial charge on any atom is 0.218 e. The normalized spacial score (nSPS) is 49.9. The van der Waals surface area contributed by atoms with Crippen molar-refractivity contribution >= 4 is 0 Å². The first-order valence-electron chi connectivity index (χ1n) is 14.2. The van der Waals surface area contributed by atoms with E-state index in [1.165, 1.54) is 6.08 Å². The molecule has 244 valence electrons. The predicted molar refractivity (Wildman–Crippen MR) is 143 cm³/mol. The zero-order valence-corrected chi connectivity index (χ0v) is 23.7. The van der Waals surface area contributed by atoms with E-state index in [1.54, 1.807) is 14.0 Å². The predicted octanol–water partition coefficient (Wildman–Crippen LogP) is -6.17. The number of nitrogens with two attached hydrogens (primary N) is 4. The molecule has 17 nitrogen and oxygen atoms in total. The molecule has 0 unspecified atom stereocenters. The van der Waals surface area contributed by atoms with Crippen LogP contribution in [0.25, 0.3) is 0 Å². The molecule has 3 fully saturated rings. The summed E-state index contributed by atoms with van der Waals surface area (Å²) in [5, 5.41) is 66.2. The molecule has 17 heteroatoms. The number of aliphatic hydroxyl groups excluding tert-OH is 6. The average molecular weight is 610 g/mol. The molecule has 3 heterocycles. The van der Waals surface area contributed by atoms with Crippen LogP contribution in [0.4, 0.5) is 0 Å². The molecule has 0 bridgehead atoms. The van der Waals surface area contributed by atoms with Crippen LogP contribution < -0.4 is 28.3 Å². The molecule has 0 aromatic carbocycles. The summed E-state index contributed by atoms with van der Waals surface area (Å²) in [4.78, 5) is 0. The first kappa shape index (κ1) is 33.8. The number of hydrogen-bond donors (Lipinski definition) is 11. The van der Waals surface area contributed by atoms with Crippen molar-refractivity contribution in [3.8, 4) is 0 Å². The molecule has 42 heavy (non-hydrogen) atoms. The molecule has 0 aromatic rings. The molecule has 3 aliphatic heterocycles. The fourth-order valence-corrected chi connectivity index (χ4v) is 5.75. The number of rotatable bonds is 10. The zero-order chi connectivity index (χ0) is 30.9. The van der Waals surface area contributed by atoms with Gasteiger partial charge in [-0.05, 0) is 19.5 Å². The van der Waals surface area contributed by atoms with Gasteiger partial charge < -0.3 is 87.3 Å². The average Bonchev–Trinajstić information content (AvgIpc) is 3.25. The molecule has 4 rings (SSSR count). The van der Waals surface area contributed by atoms with Gasteiger partial charge in [-0.1, -0.05) is 6.92 Å². The van der Waals surface area contributed by atoms with Gasteiger partial charge in [0, 0.05) is 24.5 Å². The van der Waals surface area contributed by atoms with Gasteiger partial charge in [-0.2, -0.15) is 0 Å². The van der Waals surface area contributed by atoms with Gasteiger partial charge in [-0.25, -0.2) is 0 Å². The van der Waals surface area contributed by atoms with Crippen LogP contribution in [0.15, 0.2) is 11.8 Å². The number of ether oxygens (including phenoxy) is 6. The molecule has 15 N–H and O–H groups in total. The summed E-state index contributed by atoms with van der Waals surface area (Å²) < 4.78 is 35.4. The van der Waals surface area contributed by atoms with Crippen LogP contribution in [0, 0.1) is 5.92 Å². The molecule has 0 amide bonds. The van der Waals surface area contributed by atoms with Crippen molar-refractivity contribution in [3.05, 3.63) is 11.8 Å². The lowest BCUT2D eigenvalue weighted by molar-refractivity contribution is -0.296. The van der Waals surface area contributed by atoms with Gasteiger partial charge in [0.1, 0.15) is 48.5 Å². The van der Waals surface area contributed by atoms with E-state index in [1.807, 2.05) is 0 Å². The van der Waals surface area contributed by atoms with Gasteiger partial charge in [0.05, 0.1) is 37.5 Å². The molecular formula is C25H47N5O12. The van der Waals surface area contributed by atoms with Crippen LogP contribution in [0.5, 0.6) is 0 Å². The third kappa shape index (κ3) is 6.91. The van der Waals surface area contributed by atoms with E-state index in [9.17, 15) is 30.6 Å². The highest BCUT2D eigenvalue weighted by Gasteiger charge is 2.53. The van der Waals surface area contributed by atoms with Crippen LogP contribution in [0.2, 0.25) is 0 Å². The first-order chi connectivity index (χ1) is 19.9. The molecule has 0 aromatic heterocycles. The minimum absolute atomic E-state index is 0.0945. The molecule has 2 saturated heterocycles. The second-order valence-corrected chi connectivity index (χ2v) is 11.4. The van der Waals surface area contributed by atoms with Gasteiger partial charge in [0.15, 0.2) is 12.6 Å². The highest BCUT2D eigenvalue weighted by molar-refractivity contribution is 5.09. The van der Waals surface area contributed by atoms with E-state index in [0.717, 1.165) is 0 Å². The Morgan fingerprint density at radius 1 is 0.833 bits per heavy atom. The fraction of sp³-hybridized carbons (Fsp3) is 0.920. The summed E-state index contributed by atoms with van der Waals surface area (Å²) in [6.07, 6.45) is -14.0. The van der Waals surface area contributed by atoms with Gasteiger partial charge >= 0.3 is 0 Å². The lowest BCUT2D eigenvalue weighted by Crippen LogP contribution is -2.65. The molecule has 4 aliphatic rings. The molecule has 0 spiro atoms. The Morgan fingerprint density at radius 3 is 2.12 bits per heavy atom. The first-order valence-corrected chi connectivity index (χ1v) is 14.2. The lowest BCUT2D eigenvalue weighted by Gasteiger charge is -2.45. The van der Waals surface area contributed by atoms with Crippen LogP contribution in [-0.4, -0.2) is 155 Å². The van der Waals surface area contributed by atoms with Crippen molar-refractivity contribution in [1.82, 2.24) is 5.32 Å². The van der Waals surface area contributed by atoms with E-state index in [4.69, 9.17) is 51.4 Å². The SMILES string of the molecule is CNCC1=C[C@H](O)[C@@H](N)[C@@H](O[C@H]2[C@H](O[C@@H]3O[C@H](CO)[C@@H](O[C@H]4O[C@@H](CN)[C@@H](O)[C@H](O)[C@H]4C)[C@H]3O)[C@@H](O)[C@H](N)C[C@@H]2N)O1. The van der Waals surface area contributed by atoms with Gasteiger partial charge in [0.2, 0.25) is 6.29 Å². The second-order valence-electron chi connectivity index (χ2n) is 11.4. The van der Waals surface area contributed by atoms with Crippen LogP contribution in [-0.2, 0) is 28.4 Å². The maximum absolute atomic E-state index is 11.2. The Labute approximate surface area is 243 Å². The van der Waals surface area contributed by atoms with Gasteiger partial charge in [-0.15, -0.1) is 0 Å². The summed E-state index contributed by atoms with van der Waals surface area (Å²) in [6.45, 7) is 1.21. The standard InChI is InChI=1S/C25H47N5O12/c1-8-16(33)18(35)13(5-26)38-23(8)41-21-14(7-31)39-25(19(21)36)42-22-17(34)10(27)4-11(28)20(22)40-24-15(29)12(32)3-9(37-24)6-30-2/h3,8,10-25,30-36H,4-7,26-29H2,1-2H3/t8-,10-,11+,12+,13+,14-,15-,16-,17+,18-,19-,20-,21-,22-,23-,24-,25+/m1/s1. The largest absolute Gasteiger partial charge is 0.466 e. The molecule has 17 atom stereocenters. The second kappa shape index (κ2) is 14.3. The lowest BCUT2D eigenvalue weighted by atomic mass is 9.84.